The van der Waals surface area contributed by atoms with E-state index in [2.05, 4.69) is 20.0 Å². The topological polar surface area (TPSA) is 88.5 Å². The molecule has 0 fully saturated rings. The zero-order valence-corrected chi connectivity index (χ0v) is 12.6. The van der Waals surface area contributed by atoms with Gasteiger partial charge in [-0.15, -0.1) is 0 Å². The Balaban J connectivity index is 1.74. The molecule has 116 valence electrons. The van der Waals surface area contributed by atoms with Crippen LogP contribution < -0.4 is 10.9 Å². The molecular formula is C15H18N4O3. The number of alkyl carbamates (subject to hydrolysis) is 1. The number of aryl methyl sites for hydroxylation is 2. The number of H-pyrrole nitrogens is 1. The average molecular weight is 302 g/mol. The Labute approximate surface area is 126 Å². The minimum Gasteiger partial charge on any atom is -0.453 e. The first-order valence-corrected chi connectivity index (χ1v) is 7.26. The maximum Gasteiger partial charge on any atom is 0.406 e. The molecule has 0 aliphatic carbocycles. The minimum atomic E-state index is -0.407. The second kappa shape index (κ2) is 5.67. The highest BCUT2D eigenvalue weighted by molar-refractivity contribution is 5.71. The fourth-order valence-corrected chi connectivity index (χ4v) is 2.75. The maximum atomic E-state index is 11.9. The SMILES string of the molecule is COC(=O)NCCCCc1ccc2[nH]c(=O)c3c(C)nc1n23. The molecule has 0 unspecified atom stereocenters. The molecule has 3 heterocycles. The first-order chi connectivity index (χ1) is 10.6. The van der Waals surface area contributed by atoms with Gasteiger partial charge < -0.3 is 15.0 Å². The van der Waals surface area contributed by atoms with Gasteiger partial charge in [-0.1, -0.05) is 6.07 Å². The van der Waals surface area contributed by atoms with E-state index in [1.54, 1.807) is 0 Å². The molecule has 7 heteroatoms. The van der Waals surface area contributed by atoms with Gasteiger partial charge in [-0.25, -0.2) is 9.78 Å². The van der Waals surface area contributed by atoms with Gasteiger partial charge in [0.25, 0.3) is 5.56 Å². The molecule has 2 N–H and O–H groups in total. The number of hydrogen-bond donors (Lipinski definition) is 2. The summed E-state index contributed by atoms with van der Waals surface area (Å²) in [5.41, 5.74) is 3.98. The van der Waals surface area contributed by atoms with E-state index in [4.69, 9.17) is 0 Å². The van der Waals surface area contributed by atoms with E-state index in [0.29, 0.717) is 12.1 Å². The van der Waals surface area contributed by atoms with Crippen LogP contribution in [0.1, 0.15) is 24.1 Å². The largest absolute Gasteiger partial charge is 0.453 e. The molecule has 7 nitrogen and oxygen atoms in total. The molecule has 0 atom stereocenters. The van der Waals surface area contributed by atoms with E-state index in [-0.39, 0.29) is 5.56 Å². The number of aromatic amines is 1. The Morgan fingerprint density at radius 2 is 2.23 bits per heavy atom. The van der Waals surface area contributed by atoms with Gasteiger partial charge >= 0.3 is 6.09 Å². The molecule has 3 aromatic rings. The van der Waals surface area contributed by atoms with Crippen LogP contribution in [0.4, 0.5) is 4.79 Å². The highest BCUT2D eigenvalue weighted by Gasteiger charge is 2.15. The molecule has 1 amide bonds. The molecule has 0 aliphatic heterocycles. The first kappa shape index (κ1) is 14.4. The van der Waals surface area contributed by atoms with Crippen molar-refractivity contribution in [3.8, 4) is 0 Å². The molecule has 0 bridgehead atoms. The fraction of sp³-hybridized carbons (Fsp3) is 0.400. The third-order valence-electron chi connectivity index (χ3n) is 3.81. The number of nitrogens with one attached hydrogen (secondary N) is 2. The molecule has 0 aromatic carbocycles. The van der Waals surface area contributed by atoms with Crippen LogP contribution in [0.5, 0.6) is 0 Å². The van der Waals surface area contributed by atoms with Gasteiger partial charge in [-0.3, -0.25) is 9.20 Å². The monoisotopic (exact) mass is 302 g/mol. The predicted octanol–water partition coefficient (Wildman–Crippen LogP) is 1.60. The summed E-state index contributed by atoms with van der Waals surface area (Å²) in [5.74, 6) is 0. The molecule has 22 heavy (non-hydrogen) atoms. The standard InChI is InChI=1S/C15H18N4O3/c1-9-12-14(20)18-11-7-6-10(13(17-9)19(11)12)5-3-4-8-16-15(21)22-2/h6-7H,3-5,8H2,1-2H3,(H,16,21)(H,18,20). The molecule has 0 saturated heterocycles. The Morgan fingerprint density at radius 1 is 1.41 bits per heavy atom. The molecule has 0 aliphatic rings. The number of unbranched alkanes of at least 4 members (excludes halogenated alkanes) is 1. The highest BCUT2D eigenvalue weighted by Crippen LogP contribution is 2.20. The lowest BCUT2D eigenvalue weighted by Gasteiger charge is -2.05. The lowest BCUT2D eigenvalue weighted by Crippen LogP contribution is -2.23. The van der Waals surface area contributed by atoms with Gasteiger partial charge in [-0.05, 0) is 37.8 Å². The molecule has 0 spiro atoms. The van der Waals surface area contributed by atoms with Crippen molar-refractivity contribution in [3.05, 3.63) is 33.7 Å². The summed E-state index contributed by atoms with van der Waals surface area (Å²) >= 11 is 0. The Bertz CT molecular complexity index is 865. The Hall–Kier alpha value is -2.57. The predicted molar refractivity (Wildman–Crippen MR) is 82.6 cm³/mol. The van der Waals surface area contributed by atoms with Crippen molar-refractivity contribution in [2.45, 2.75) is 26.2 Å². The zero-order chi connectivity index (χ0) is 15.7. The number of rotatable bonds is 5. The lowest BCUT2D eigenvalue weighted by atomic mass is 10.1. The van der Waals surface area contributed by atoms with E-state index in [1.807, 2.05) is 23.5 Å². The van der Waals surface area contributed by atoms with Gasteiger partial charge in [0.15, 0.2) is 0 Å². The Kier molecular flexibility index (Phi) is 3.70. The number of ether oxygens (including phenoxy) is 1. The molecule has 0 radical (unpaired) electrons. The van der Waals surface area contributed by atoms with Crippen LogP contribution in [0.25, 0.3) is 16.8 Å². The maximum absolute atomic E-state index is 11.9. The first-order valence-electron chi connectivity index (χ1n) is 7.26. The average Bonchev–Trinajstić information content (AvgIpc) is 3.02. The lowest BCUT2D eigenvalue weighted by molar-refractivity contribution is 0.171. The Morgan fingerprint density at radius 3 is 3.00 bits per heavy atom. The van der Waals surface area contributed by atoms with Crippen LogP contribution in [0.2, 0.25) is 0 Å². The van der Waals surface area contributed by atoms with Crippen molar-refractivity contribution in [1.29, 1.82) is 0 Å². The number of carbonyl (C=O) groups is 1. The van der Waals surface area contributed by atoms with E-state index in [1.165, 1.54) is 7.11 Å². The second-order valence-corrected chi connectivity index (χ2v) is 5.28. The van der Waals surface area contributed by atoms with Crippen LogP contribution in [-0.2, 0) is 11.2 Å². The summed E-state index contributed by atoms with van der Waals surface area (Å²) in [7, 11) is 1.35. The summed E-state index contributed by atoms with van der Waals surface area (Å²) in [4.78, 5) is 30.2. The minimum absolute atomic E-state index is 0.0978. The van der Waals surface area contributed by atoms with Crippen LogP contribution in [0.15, 0.2) is 16.9 Å². The van der Waals surface area contributed by atoms with Crippen molar-refractivity contribution in [1.82, 2.24) is 19.7 Å². The van der Waals surface area contributed by atoms with Crippen molar-refractivity contribution < 1.29 is 9.53 Å². The van der Waals surface area contributed by atoms with Gasteiger partial charge in [0.1, 0.15) is 16.8 Å². The van der Waals surface area contributed by atoms with Crippen LogP contribution in [0.3, 0.4) is 0 Å². The smallest absolute Gasteiger partial charge is 0.406 e. The number of hydrogen-bond acceptors (Lipinski definition) is 4. The number of nitrogens with zero attached hydrogens (tertiary/aromatic N) is 2. The van der Waals surface area contributed by atoms with Crippen molar-refractivity contribution >= 4 is 22.9 Å². The van der Waals surface area contributed by atoms with Crippen molar-refractivity contribution in [3.63, 3.8) is 0 Å². The number of amides is 1. The summed E-state index contributed by atoms with van der Waals surface area (Å²) in [6.07, 6.45) is 2.21. The second-order valence-electron chi connectivity index (χ2n) is 5.28. The third kappa shape index (κ3) is 2.38. The molecule has 3 rings (SSSR count). The van der Waals surface area contributed by atoms with Gasteiger partial charge in [0.05, 0.1) is 12.8 Å². The zero-order valence-electron chi connectivity index (χ0n) is 12.6. The third-order valence-corrected chi connectivity index (χ3v) is 3.81. The molecule has 3 aromatic heterocycles. The summed E-state index contributed by atoms with van der Waals surface area (Å²) in [6, 6.07) is 3.91. The summed E-state index contributed by atoms with van der Waals surface area (Å²) in [5, 5.41) is 2.66. The normalized spacial score (nSPS) is 11.4. The number of carbonyl (C=O) groups excluding carboxylic acids is 1. The van der Waals surface area contributed by atoms with E-state index in [9.17, 15) is 9.59 Å². The van der Waals surface area contributed by atoms with Crippen molar-refractivity contribution in [2.24, 2.45) is 0 Å². The fourth-order valence-electron chi connectivity index (χ4n) is 2.75. The van der Waals surface area contributed by atoms with Crippen LogP contribution in [0, 0.1) is 6.92 Å². The highest BCUT2D eigenvalue weighted by atomic mass is 16.5. The number of pyridine rings is 1. The van der Waals surface area contributed by atoms with E-state index < -0.39 is 6.09 Å². The van der Waals surface area contributed by atoms with E-state index >= 15 is 0 Å². The van der Waals surface area contributed by atoms with E-state index in [0.717, 1.165) is 41.8 Å². The number of aromatic nitrogens is 3. The summed E-state index contributed by atoms with van der Waals surface area (Å²) < 4.78 is 6.41. The van der Waals surface area contributed by atoms with Crippen molar-refractivity contribution in [2.75, 3.05) is 13.7 Å². The van der Waals surface area contributed by atoms with Gasteiger partial charge in [0.2, 0.25) is 0 Å². The van der Waals surface area contributed by atoms with Crippen LogP contribution in [-0.4, -0.2) is 34.1 Å². The summed E-state index contributed by atoms with van der Waals surface area (Å²) in [6.45, 7) is 2.43. The number of imidazole rings is 2. The van der Waals surface area contributed by atoms with Gasteiger partial charge in [-0.2, -0.15) is 0 Å². The molecular weight excluding hydrogens is 284 g/mol. The van der Waals surface area contributed by atoms with Crippen LogP contribution >= 0.6 is 0 Å². The molecule has 0 saturated carbocycles. The number of methoxy groups -OCH3 is 1. The quantitative estimate of drug-likeness (QED) is 0.701. The van der Waals surface area contributed by atoms with Gasteiger partial charge in [0, 0.05) is 6.54 Å².